The van der Waals surface area contributed by atoms with Crippen LogP contribution in [0.5, 0.6) is 0 Å². The summed E-state index contributed by atoms with van der Waals surface area (Å²) in [7, 11) is -3.70. The van der Waals surface area contributed by atoms with Gasteiger partial charge >= 0.3 is 0 Å². The second kappa shape index (κ2) is 6.44. The van der Waals surface area contributed by atoms with Crippen molar-refractivity contribution >= 4 is 31.6 Å². The van der Waals surface area contributed by atoms with Gasteiger partial charge in [0.25, 0.3) is 0 Å². The second-order valence-electron chi connectivity index (χ2n) is 3.60. The van der Waals surface area contributed by atoms with Crippen molar-refractivity contribution in [3.8, 4) is 0 Å². The van der Waals surface area contributed by atoms with Crippen LogP contribution in [0.15, 0.2) is 16.6 Å². The van der Waals surface area contributed by atoms with E-state index in [1.54, 1.807) is 0 Å². The Hall–Kier alpha value is -0.730. The van der Waals surface area contributed by atoms with Gasteiger partial charge in [-0.15, -0.1) is 0 Å². The summed E-state index contributed by atoms with van der Waals surface area (Å²) in [6, 6.07) is 1.61. The Balaban J connectivity index is 2.81. The number of halogens is 3. The molecule has 0 radical (unpaired) electrons. The van der Waals surface area contributed by atoms with Gasteiger partial charge in [0.15, 0.2) is 0 Å². The molecule has 0 fully saturated rings. The zero-order valence-electron chi connectivity index (χ0n) is 9.29. The summed E-state index contributed by atoms with van der Waals surface area (Å²) in [5.41, 5.74) is -0.313. The minimum absolute atomic E-state index is 0.0306. The molecule has 0 aliphatic carbocycles. The third-order valence-corrected chi connectivity index (χ3v) is 4.06. The monoisotopic (exact) mass is 343 g/mol. The van der Waals surface area contributed by atoms with Gasteiger partial charge in [-0.3, -0.25) is 4.72 Å². The first-order valence-corrected chi connectivity index (χ1v) is 7.56. The Morgan fingerprint density at radius 3 is 2.50 bits per heavy atom. The molecule has 0 saturated carbocycles. The third-order valence-electron chi connectivity index (χ3n) is 2.10. The maximum absolute atomic E-state index is 13.3. The molecule has 0 unspecified atom stereocenters. The van der Waals surface area contributed by atoms with Crippen LogP contribution in [0.2, 0.25) is 0 Å². The molecule has 0 amide bonds. The molecule has 8 heteroatoms. The normalized spacial score (nSPS) is 11.6. The Morgan fingerprint density at radius 1 is 1.22 bits per heavy atom. The summed E-state index contributed by atoms with van der Waals surface area (Å²) in [6.07, 6.45) is 0.603. The highest BCUT2D eigenvalue weighted by atomic mass is 79.9. The highest BCUT2D eigenvalue weighted by Gasteiger charge is 2.15. The highest BCUT2D eigenvalue weighted by molar-refractivity contribution is 9.10. The van der Waals surface area contributed by atoms with Crippen molar-refractivity contribution in [3.63, 3.8) is 0 Å². The summed E-state index contributed by atoms with van der Waals surface area (Å²) < 4.78 is 51.4. The predicted molar refractivity (Wildman–Crippen MR) is 67.8 cm³/mol. The van der Waals surface area contributed by atoms with Crippen molar-refractivity contribution in [2.45, 2.75) is 12.8 Å². The number of hydrogen-bond donors (Lipinski definition) is 2. The number of anilines is 1. The average Bonchev–Trinajstić information content (AvgIpc) is 2.26. The zero-order valence-corrected chi connectivity index (χ0v) is 11.7. The zero-order chi connectivity index (χ0) is 13.8. The first-order valence-electron chi connectivity index (χ1n) is 5.11. The van der Waals surface area contributed by atoms with E-state index >= 15 is 0 Å². The summed E-state index contributed by atoms with van der Waals surface area (Å²) in [6.45, 7) is -0.105. The van der Waals surface area contributed by atoms with Crippen LogP contribution in [-0.2, 0) is 10.0 Å². The van der Waals surface area contributed by atoms with Gasteiger partial charge in [-0.2, -0.15) is 0 Å². The van der Waals surface area contributed by atoms with Crippen molar-refractivity contribution in [1.82, 2.24) is 0 Å². The summed E-state index contributed by atoms with van der Waals surface area (Å²) in [5, 5.41) is 8.54. The molecule has 0 heterocycles. The number of sulfonamides is 1. The van der Waals surface area contributed by atoms with Crippen LogP contribution in [-0.4, -0.2) is 25.9 Å². The molecule has 1 aromatic carbocycles. The molecule has 0 spiro atoms. The molecule has 0 aliphatic rings. The van der Waals surface area contributed by atoms with Crippen LogP contribution in [0.1, 0.15) is 12.8 Å². The fourth-order valence-electron chi connectivity index (χ4n) is 1.22. The van der Waals surface area contributed by atoms with Gasteiger partial charge in [0, 0.05) is 12.7 Å². The molecule has 102 valence electrons. The standard InChI is InChI=1S/C10H12BrF2NO3S/c11-7-5-10(9(13)6-8(7)12)14-18(16,17)4-2-1-3-15/h5-6,14-15H,1-4H2. The molecule has 0 aliphatic heterocycles. The van der Waals surface area contributed by atoms with Crippen LogP contribution < -0.4 is 4.72 Å². The van der Waals surface area contributed by atoms with Crippen LogP contribution in [0.25, 0.3) is 0 Å². The number of aliphatic hydroxyl groups excluding tert-OH is 1. The molecule has 0 bridgehead atoms. The minimum atomic E-state index is -3.70. The lowest BCUT2D eigenvalue weighted by molar-refractivity contribution is 0.287. The van der Waals surface area contributed by atoms with Crippen LogP contribution >= 0.6 is 15.9 Å². The molecule has 0 aromatic heterocycles. The Morgan fingerprint density at radius 2 is 1.89 bits per heavy atom. The number of unbranched alkanes of at least 4 members (excludes halogenated alkanes) is 1. The van der Waals surface area contributed by atoms with Crippen LogP contribution in [0.3, 0.4) is 0 Å². The molecule has 1 rings (SSSR count). The van der Waals surface area contributed by atoms with E-state index in [1.807, 2.05) is 4.72 Å². The van der Waals surface area contributed by atoms with Gasteiger partial charge in [0.05, 0.1) is 15.9 Å². The second-order valence-corrected chi connectivity index (χ2v) is 6.29. The van der Waals surface area contributed by atoms with Gasteiger partial charge < -0.3 is 5.11 Å². The summed E-state index contributed by atoms with van der Waals surface area (Å²) >= 11 is 2.84. The van der Waals surface area contributed by atoms with Gasteiger partial charge in [-0.25, -0.2) is 17.2 Å². The van der Waals surface area contributed by atoms with Crippen molar-refractivity contribution < 1.29 is 22.3 Å². The van der Waals surface area contributed by atoms with Gasteiger partial charge in [-0.05, 0) is 34.8 Å². The van der Waals surface area contributed by atoms with E-state index in [2.05, 4.69) is 15.9 Å². The van der Waals surface area contributed by atoms with E-state index in [4.69, 9.17) is 5.11 Å². The maximum atomic E-state index is 13.3. The third kappa shape index (κ3) is 4.51. The van der Waals surface area contributed by atoms with Gasteiger partial charge in [-0.1, -0.05) is 0 Å². The van der Waals surface area contributed by atoms with Crippen LogP contribution in [0, 0.1) is 11.6 Å². The molecule has 0 atom stereocenters. The topological polar surface area (TPSA) is 66.4 Å². The summed E-state index contributed by atoms with van der Waals surface area (Å²) in [4.78, 5) is 0. The van der Waals surface area contributed by atoms with E-state index < -0.39 is 21.7 Å². The predicted octanol–water partition coefficient (Wildman–Crippen LogP) is 2.24. The smallest absolute Gasteiger partial charge is 0.232 e. The van der Waals surface area contributed by atoms with Crippen molar-refractivity contribution in [2.75, 3.05) is 17.1 Å². The van der Waals surface area contributed by atoms with Gasteiger partial charge in [0.2, 0.25) is 10.0 Å². The lowest BCUT2D eigenvalue weighted by Crippen LogP contribution is -2.18. The average molecular weight is 344 g/mol. The molecule has 1 aromatic rings. The van der Waals surface area contributed by atoms with Crippen molar-refractivity contribution in [2.24, 2.45) is 0 Å². The van der Waals surface area contributed by atoms with E-state index in [-0.39, 0.29) is 28.9 Å². The van der Waals surface area contributed by atoms with E-state index in [0.717, 1.165) is 6.07 Å². The quantitative estimate of drug-likeness (QED) is 0.614. The number of benzene rings is 1. The lowest BCUT2D eigenvalue weighted by Gasteiger charge is -2.09. The molecular weight excluding hydrogens is 332 g/mol. The van der Waals surface area contributed by atoms with E-state index in [1.165, 1.54) is 0 Å². The first-order chi connectivity index (χ1) is 8.35. The molecule has 2 N–H and O–H groups in total. The van der Waals surface area contributed by atoms with Crippen molar-refractivity contribution in [3.05, 3.63) is 28.2 Å². The molecular formula is C10H12BrF2NO3S. The fourth-order valence-corrected chi connectivity index (χ4v) is 2.74. The number of rotatable bonds is 6. The maximum Gasteiger partial charge on any atom is 0.232 e. The largest absolute Gasteiger partial charge is 0.396 e. The first kappa shape index (κ1) is 15.3. The lowest BCUT2D eigenvalue weighted by atomic mass is 10.3. The molecule has 4 nitrogen and oxygen atoms in total. The Bertz CT molecular complexity index is 522. The van der Waals surface area contributed by atoms with E-state index in [0.29, 0.717) is 12.5 Å². The van der Waals surface area contributed by atoms with Crippen molar-refractivity contribution in [1.29, 1.82) is 0 Å². The minimum Gasteiger partial charge on any atom is -0.396 e. The van der Waals surface area contributed by atoms with Gasteiger partial charge in [0.1, 0.15) is 11.6 Å². The highest BCUT2D eigenvalue weighted by Crippen LogP contribution is 2.24. The fraction of sp³-hybridized carbons (Fsp3) is 0.400. The van der Waals surface area contributed by atoms with Crippen LogP contribution in [0.4, 0.5) is 14.5 Å². The Labute approximate surface area is 112 Å². The van der Waals surface area contributed by atoms with E-state index in [9.17, 15) is 17.2 Å². The number of hydrogen-bond acceptors (Lipinski definition) is 3. The number of aliphatic hydroxyl groups is 1. The molecule has 18 heavy (non-hydrogen) atoms. The summed E-state index contributed by atoms with van der Waals surface area (Å²) in [5.74, 6) is -2.03. The Kier molecular flexibility index (Phi) is 5.48. The number of nitrogens with one attached hydrogen (secondary N) is 1. The SMILES string of the molecule is O=S(=O)(CCCCO)Nc1cc(Br)c(F)cc1F. The molecule has 0 saturated heterocycles.